The van der Waals surface area contributed by atoms with E-state index in [0.29, 0.717) is 5.69 Å². The molecule has 4 aromatic rings. The lowest BCUT2D eigenvalue weighted by Crippen LogP contribution is -2.19. The van der Waals surface area contributed by atoms with Crippen LogP contribution in [-0.4, -0.2) is 20.5 Å². The first-order valence-corrected chi connectivity index (χ1v) is 11.8. The van der Waals surface area contributed by atoms with Gasteiger partial charge in [-0.15, -0.1) is 0 Å². The highest BCUT2D eigenvalue weighted by Crippen LogP contribution is 2.21. The van der Waals surface area contributed by atoms with Crippen molar-refractivity contribution in [1.29, 1.82) is 0 Å². The van der Waals surface area contributed by atoms with Crippen molar-refractivity contribution in [2.75, 3.05) is 4.72 Å². The average molecular weight is 458 g/mol. The molecule has 1 amide bonds. The Morgan fingerprint density at radius 2 is 1.64 bits per heavy atom. The number of nitrogens with one attached hydrogen (secondary N) is 2. The molecule has 0 unspecified atom stereocenters. The van der Waals surface area contributed by atoms with E-state index in [2.05, 4.69) is 15.2 Å². The van der Waals surface area contributed by atoms with Crippen LogP contribution in [0.2, 0.25) is 0 Å². The Hall–Kier alpha value is -3.97. The molecule has 166 valence electrons. The van der Waals surface area contributed by atoms with Gasteiger partial charge in [0.25, 0.3) is 15.9 Å². The molecule has 0 spiro atoms. The molecule has 6 nitrogen and oxygen atoms in total. The molecule has 0 atom stereocenters. The molecule has 2 N–H and O–H groups in total. The van der Waals surface area contributed by atoms with Gasteiger partial charge in [0.05, 0.1) is 16.8 Å². The van der Waals surface area contributed by atoms with Crippen molar-refractivity contribution in [1.82, 2.24) is 5.43 Å². The molecule has 7 heteroatoms. The Bertz CT molecular complexity index is 1470. The molecule has 33 heavy (non-hydrogen) atoms. The molecule has 0 heterocycles. The maximum Gasteiger partial charge on any atom is 0.271 e. The number of anilines is 1. The predicted octanol–water partition coefficient (Wildman–Crippen LogP) is 5.02. The summed E-state index contributed by atoms with van der Waals surface area (Å²) in [5.41, 5.74) is 5.87. The first-order chi connectivity index (χ1) is 15.8. The number of hydrogen-bond acceptors (Lipinski definition) is 4. The van der Waals surface area contributed by atoms with E-state index in [-0.39, 0.29) is 10.5 Å². The highest BCUT2D eigenvalue weighted by Gasteiger charge is 2.17. The fourth-order valence-corrected chi connectivity index (χ4v) is 4.70. The summed E-state index contributed by atoms with van der Waals surface area (Å²) in [4.78, 5) is 12.6. The van der Waals surface area contributed by atoms with Gasteiger partial charge in [0, 0.05) is 11.1 Å². The number of sulfonamides is 1. The summed E-state index contributed by atoms with van der Waals surface area (Å²) < 4.78 is 28.3. The van der Waals surface area contributed by atoms with E-state index in [9.17, 15) is 13.2 Å². The molecule has 0 fully saturated rings. The third-order valence-electron chi connectivity index (χ3n) is 5.23. The Morgan fingerprint density at radius 1 is 0.879 bits per heavy atom. The van der Waals surface area contributed by atoms with Gasteiger partial charge in [-0.25, -0.2) is 13.8 Å². The third kappa shape index (κ3) is 5.10. The maximum atomic E-state index is 12.9. The van der Waals surface area contributed by atoms with E-state index < -0.39 is 15.9 Å². The molecule has 0 bridgehead atoms. The third-order valence-corrected chi connectivity index (χ3v) is 6.59. The topological polar surface area (TPSA) is 87.6 Å². The number of fused-ring (bicyclic) bond motifs is 1. The minimum Gasteiger partial charge on any atom is -0.279 e. The number of benzene rings is 4. The van der Waals surface area contributed by atoms with Crippen LogP contribution in [0.3, 0.4) is 0 Å². The van der Waals surface area contributed by atoms with E-state index in [1.54, 1.807) is 18.3 Å². The molecular weight excluding hydrogens is 434 g/mol. The number of carbonyl (C=O) groups is 1. The van der Waals surface area contributed by atoms with E-state index >= 15 is 0 Å². The highest BCUT2D eigenvalue weighted by molar-refractivity contribution is 7.92. The largest absolute Gasteiger partial charge is 0.279 e. The van der Waals surface area contributed by atoms with Crippen LogP contribution in [0.4, 0.5) is 5.69 Å². The Morgan fingerprint density at radius 3 is 2.45 bits per heavy atom. The summed E-state index contributed by atoms with van der Waals surface area (Å²) in [6.07, 6.45) is 1.57. The predicted molar refractivity (Wildman–Crippen MR) is 132 cm³/mol. The lowest BCUT2D eigenvalue weighted by molar-refractivity contribution is 0.0955. The summed E-state index contributed by atoms with van der Waals surface area (Å²) in [5, 5.41) is 6.15. The standard InChI is InChI=1S/C26H23N3O3S/c1-18-13-14-25(19(2)15-18)29-33(31,32)23-11-6-9-21(16-23)26(30)28-27-17-22-10-5-8-20-7-3-4-12-24(20)22/h3-17,29H,1-2H3,(H,28,30). The summed E-state index contributed by atoms with van der Waals surface area (Å²) in [6, 6.07) is 25.0. The number of hydrogen-bond donors (Lipinski definition) is 2. The van der Waals surface area contributed by atoms with Crippen LogP contribution in [0.1, 0.15) is 27.0 Å². The van der Waals surface area contributed by atoms with Crippen molar-refractivity contribution in [3.05, 3.63) is 107 Å². The number of rotatable bonds is 6. The first kappa shape index (κ1) is 22.2. The molecular formula is C26H23N3O3S. The van der Waals surface area contributed by atoms with Crippen molar-refractivity contribution in [3.63, 3.8) is 0 Å². The van der Waals surface area contributed by atoms with Crippen LogP contribution >= 0.6 is 0 Å². The van der Waals surface area contributed by atoms with Crippen LogP contribution in [0.15, 0.2) is 94.9 Å². The lowest BCUT2D eigenvalue weighted by atomic mass is 10.1. The van der Waals surface area contributed by atoms with Crippen molar-refractivity contribution < 1.29 is 13.2 Å². The van der Waals surface area contributed by atoms with Gasteiger partial charge in [-0.1, -0.05) is 66.2 Å². The Labute approximate surface area is 193 Å². The van der Waals surface area contributed by atoms with Crippen molar-refractivity contribution in [2.45, 2.75) is 18.7 Å². The second-order valence-corrected chi connectivity index (χ2v) is 9.40. The zero-order valence-corrected chi connectivity index (χ0v) is 19.1. The zero-order chi connectivity index (χ0) is 23.4. The van der Waals surface area contributed by atoms with E-state index in [1.165, 1.54) is 18.2 Å². The number of nitrogens with zero attached hydrogens (tertiary/aromatic N) is 1. The maximum absolute atomic E-state index is 12.9. The summed E-state index contributed by atoms with van der Waals surface area (Å²) in [6.45, 7) is 3.78. The normalized spacial score (nSPS) is 11.6. The average Bonchev–Trinajstić information content (AvgIpc) is 2.81. The number of carbonyl (C=O) groups excluding carboxylic acids is 1. The van der Waals surface area contributed by atoms with Crippen molar-refractivity contribution in [3.8, 4) is 0 Å². The van der Waals surface area contributed by atoms with Gasteiger partial charge in [0.2, 0.25) is 0 Å². The molecule has 0 aliphatic carbocycles. The molecule has 0 saturated heterocycles. The van der Waals surface area contributed by atoms with E-state index in [0.717, 1.165) is 27.5 Å². The van der Waals surface area contributed by atoms with Crippen LogP contribution in [0.5, 0.6) is 0 Å². The zero-order valence-electron chi connectivity index (χ0n) is 18.2. The van der Waals surface area contributed by atoms with Crippen LogP contribution < -0.4 is 10.1 Å². The van der Waals surface area contributed by atoms with Gasteiger partial charge >= 0.3 is 0 Å². The van der Waals surface area contributed by atoms with Gasteiger partial charge in [-0.3, -0.25) is 9.52 Å². The van der Waals surface area contributed by atoms with E-state index in [1.807, 2.05) is 68.4 Å². The summed E-state index contributed by atoms with van der Waals surface area (Å²) in [7, 11) is -3.86. The summed E-state index contributed by atoms with van der Waals surface area (Å²) >= 11 is 0. The van der Waals surface area contributed by atoms with Gasteiger partial charge in [-0.2, -0.15) is 5.10 Å². The highest BCUT2D eigenvalue weighted by atomic mass is 32.2. The molecule has 0 radical (unpaired) electrons. The van der Waals surface area contributed by atoms with Crippen LogP contribution in [0, 0.1) is 13.8 Å². The van der Waals surface area contributed by atoms with Gasteiger partial charge in [0.15, 0.2) is 0 Å². The number of amides is 1. The van der Waals surface area contributed by atoms with Crippen molar-refractivity contribution in [2.24, 2.45) is 5.10 Å². The molecule has 0 aliphatic rings. The fourth-order valence-electron chi connectivity index (χ4n) is 3.52. The number of hydrazone groups is 1. The Balaban J connectivity index is 1.51. The number of aryl methyl sites for hydroxylation is 2. The molecule has 4 rings (SSSR count). The van der Waals surface area contributed by atoms with Crippen LogP contribution in [-0.2, 0) is 10.0 Å². The monoisotopic (exact) mass is 457 g/mol. The molecule has 0 aromatic heterocycles. The minimum absolute atomic E-state index is 0.00634. The molecule has 4 aromatic carbocycles. The van der Waals surface area contributed by atoms with E-state index in [4.69, 9.17) is 0 Å². The minimum atomic E-state index is -3.86. The molecule has 0 saturated carbocycles. The smallest absolute Gasteiger partial charge is 0.271 e. The Kier molecular flexibility index (Phi) is 6.24. The second kappa shape index (κ2) is 9.26. The summed E-state index contributed by atoms with van der Waals surface area (Å²) in [5.74, 6) is -0.505. The SMILES string of the molecule is Cc1ccc(NS(=O)(=O)c2cccc(C(=O)NN=Cc3cccc4ccccc34)c2)c(C)c1. The van der Waals surface area contributed by atoms with Gasteiger partial charge in [-0.05, 0) is 54.4 Å². The van der Waals surface area contributed by atoms with Gasteiger partial charge in [0.1, 0.15) is 0 Å². The second-order valence-electron chi connectivity index (χ2n) is 7.72. The lowest BCUT2D eigenvalue weighted by Gasteiger charge is -2.12. The van der Waals surface area contributed by atoms with Crippen LogP contribution in [0.25, 0.3) is 10.8 Å². The fraction of sp³-hybridized carbons (Fsp3) is 0.0769. The van der Waals surface area contributed by atoms with Crippen molar-refractivity contribution >= 4 is 38.6 Å². The molecule has 0 aliphatic heterocycles. The first-order valence-electron chi connectivity index (χ1n) is 10.3. The van der Waals surface area contributed by atoms with Gasteiger partial charge < -0.3 is 0 Å². The quantitative estimate of drug-likeness (QED) is 0.315.